The Morgan fingerprint density at radius 1 is 1.30 bits per heavy atom. The van der Waals surface area contributed by atoms with Gasteiger partial charge in [0.15, 0.2) is 10.8 Å². The van der Waals surface area contributed by atoms with Crippen molar-refractivity contribution in [2.24, 2.45) is 10.1 Å². The standard InChI is InChI=1S/C33H34FN9O5S2/c1-3-4-5-24-22(10-11-42(24)14-18-7-6-17(12-21(18)34)28(35)38-20-8-9-20)37-13-19-15-49-31-26(30(45)43(31)27(19)32(46)47)40-29(44)25(41-48-2)23-16-50-33(36)39-23/h3-7,10-12,16,20,26,31H,8-9,13-15H2,1-2H3,(H2,35,38)(H2,36,39)(H,40,44)(H,46,47)/b4-3-,24-5+,37-22+,41-25-/t26-,31-/m1/s1. The topological polar surface area (TPSA) is 199 Å². The molecule has 50 heavy (non-hydrogen) atoms. The zero-order chi connectivity index (χ0) is 35.5. The first-order chi connectivity index (χ1) is 24.1. The van der Waals surface area contributed by atoms with E-state index in [1.807, 2.05) is 30.1 Å². The third-order valence-corrected chi connectivity index (χ3v) is 10.2. The summed E-state index contributed by atoms with van der Waals surface area (Å²) in [5, 5.41) is 28.9. The molecule has 3 aliphatic heterocycles. The lowest BCUT2D eigenvalue weighted by atomic mass is 10.0. The molecule has 0 unspecified atom stereocenters. The van der Waals surface area contributed by atoms with Gasteiger partial charge in [0.2, 0.25) is 0 Å². The van der Waals surface area contributed by atoms with E-state index in [0.717, 1.165) is 24.2 Å². The van der Waals surface area contributed by atoms with Gasteiger partial charge in [-0.1, -0.05) is 29.4 Å². The van der Waals surface area contributed by atoms with Gasteiger partial charge in [0, 0.05) is 34.5 Å². The summed E-state index contributed by atoms with van der Waals surface area (Å²) in [6, 6.07) is 4.05. The summed E-state index contributed by atoms with van der Waals surface area (Å²) < 4.78 is 15.2. The third-order valence-electron chi connectivity index (χ3n) is 8.18. The number of aliphatic carboxylic acids is 1. The van der Waals surface area contributed by atoms with E-state index in [2.05, 4.69) is 20.8 Å². The largest absolute Gasteiger partial charge is 0.477 e. The number of hydrogen-bond acceptors (Lipinski definition) is 12. The third kappa shape index (κ3) is 7.18. The summed E-state index contributed by atoms with van der Waals surface area (Å²) >= 11 is 2.42. The summed E-state index contributed by atoms with van der Waals surface area (Å²) in [7, 11) is 1.27. The summed E-state index contributed by atoms with van der Waals surface area (Å²) in [6.07, 6.45) is 11.1. The Balaban J connectivity index is 1.16. The lowest BCUT2D eigenvalue weighted by molar-refractivity contribution is -0.150. The molecule has 2 amide bonds. The molecule has 4 aliphatic rings. The number of hydrogen-bond donors (Lipinski definition) is 5. The second-order valence-corrected chi connectivity index (χ2v) is 13.6. The fourth-order valence-electron chi connectivity index (χ4n) is 5.53. The van der Waals surface area contributed by atoms with Crippen LogP contribution in [0.15, 0.2) is 81.2 Å². The maximum Gasteiger partial charge on any atom is 0.352 e. The maximum absolute atomic E-state index is 15.2. The number of carbonyl (C=O) groups is 3. The molecular formula is C33H34FN9O5S2. The van der Waals surface area contributed by atoms with Gasteiger partial charge in [0.1, 0.15) is 41.6 Å². The fraction of sp³-hybridized carbons (Fsp3) is 0.303. The van der Waals surface area contributed by atoms with Crippen LogP contribution in [-0.4, -0.2) is 91.8 Å². The van der Waals surface area contributed by atoms with Crippen molar-refractivity contribution in [2.75, 3.05) is 25.1 Å². The molecule has 2 fully saturated rings. The number of amides is 2. The molecule has 2 atom stereocenters. The highest BCUT2D eigenvalue weighted by atomic mass is 32.2. The Morgan fingerprint density at radius 2 is 2.10 bits per heavy atom. The second kappa shape index (κ2) is 14.7. The molecule has 0 bridgehead atoms. The van der Waals surface area contributed by atoms with Crippen LogP contribution in [0.2, 0.25) is 0 Å². The van der Waals surface area contributed by atoms with Crippen LogP contribution in [0, 0.1) is 11.2 Å². The molecule has 4 heterocycles. The minimum absolute atomic E-state index is 0.00208. The lowest BCUT2D eigenvalue weighted by Gasteiger charge is -2.49. The number of thioether (sulfide) groups is 1. The smallest absolute Gasteiger partial charge is 0.352 e. The molecule has 6 N–H and O–H groups in total. The van der Waals surface area contributed by atoms with E-state index >= 15 is 4.39 Å². The quantitative estimate of drug-likeness (QED) is 0.0941. The highest BCUT2D eigenvalue weighted by molar-refractivity contribution is 8.00. The number of aromatic nitrogens is 1. The number of amidine groups is 1. The number of allylic oxidation sites excluding steroid dienone is 4. The van der Waals surface area contributed by atoms with Crippen LogP contribution >= 0.6 is 23.1 Å². The SMILES string of the molecule is C\C=C/C=C1\C(=N\CC2=C(C(=O)O)N3C(=O)[C@@H](NC(=O)/C(=N\OC)c4csc(N)n4)[C@H]3SC2)C=CN1Cc1ccc(C(=N)NC2CC2)cc1F. The molecule has 14 nitrogen and oxygen atoms in total. The summed E-state index contributed by atoms with van der Waals surface area (Å²) in [6.45, 7) is 2.07. The summed E-state index contributed by atoms with van der Waals surface area (Å²) in [4.78, 5) is 55.4. The van der Waals surface area contributed by atoms with Crippen LogP contribution < -0.4 is 16.4 Å². The number of oxime groups is 1. The van der Waals surface area contributed by atoms with Crippen molar-refractivity contribution in [1.82, 2.24) is 25.4 Å². The van der Waals surface area contributed by atoms with E-state index in [0.29, 0.717) is 28.1 Å². The number of nitrogen functional groups attached to an aromatic ring is 1. The highest BCUT2D eigenvalue weighted by Gasteiger charge is 2.54. The van der Waals surface area contributed by atoms with Crippen LogP contribution in [0.3, 0.4) is 0 Å². The summed E-state index contributed by atoms with van der Waals surface area (Å²) in [5.74, 6) is -2.55. The average molecular weight is 720 g/mol. The minimum atomic E-state index is -1.28. The van der Waals surface area contributed by atoms with Gasteiger partial charge < -0.3 is 31.2 Å². The number of carbonyl (C=O) groups excluding carboxylic acids is 2. The number of aliphatic imine (C=N–C) groups is 1. The number of carboxylic acid groups (broad SMARTS) is 1. The van der Waals surface area contributed by atoms with E-state index in [1.165, 1.54) is 35.2 Å². The van der Waals surface area contributed by atoms with E-state index in [4.69, 9.17) is 21.0 Å². The molecule has 6 rings (SSSR count). The van der Waals surface area contributed by atoms with E-state index in [1.54, 1.807) is 24.4 Å². The fourth-order valence-corrected chi connectivity index (χ4v) is 7.41. The van der Waals surface area contributed by atoms with Gasteiger partial charge in [0.25, 0.3) is 11.8 Å². The van der Waals surface area contributed by atoms with Crippen molar-refractivity contribution in [3.8, 4) is 0 Å². The number of nitrogens with one attached hydrogen (secondary N) is 3. The van der Waals surface area contributed by atoms with Crippen molar-refractivity contribution in [3.05, 3.63) is 93.7 Å². The van der Waals surface area contributed by atoms with Crippen LogP contribution in [0.4, 0.5) is 9.52 Å². The van der Waals surface area contributed by atoms with E-state index in [9.17, 15) is 19.5 Å². The zero-order valence-electron chi connectivity index (χ0n) is 27.1. The van der Waals surface area contributed by atoms with E-state index in [-0.39, 0.29) is 53.0 Å². The highest BCUT2D eigenvalue weighted by Crippen LogP contribution is 2.40. The van der Waals surface area contributed by atoms with Crippen LogP contribution in [0.5, 0.6) is 0 Å². The van der Waals surface area contributed by atoms with E-state index < -0.39 is 35.0 Å². The van der Waals surface area contributed by atoms with Gasteiger partial charge in [-0.25, -0.2) is 14.2 Å². The van der Waals surface area contributed by atoms with Gasteiger partial charge in [-0.2, -0.15) is 0 Å². The lowest BCUT2D eigenvalue weighted by Crippen LogP contribution is -2.71. The average Bonchev–Trinajstić information content (AvgIpc) is 3.68. The molecular weight excluding hydrogens is 686 g/mol. The number of thiazole rings is 1. The van der Waals surface area contributed by atoms with Crippen molar-refractivity contribution >= 4 is 63.3 Å². The Morgan fingerprint density at radius 3 is 2.76 bits per heavy atom. The first kappa shape index (κ1) is 34.6. The number of benzene rings is 1. The minimum Gasteiger partial charge on any atom is -0.477 e. The van der Waals surface area contributed by atoms with Crippen molar-refractivity contribution in [2.45, 2.75) is 43.8 Å². The number of halogens is 1. The molecule has 1 aromatic heterocycles. The Kier molecular flexibility index (Phi) is 10.1. The monoisotopic (exact) mass is 719 g/mol. The molecule has 260 valence electrons. The van der Waals surface area contributed by atoms with Gasteiger partial charge in [-0.3, -0.25) is 24.9 Å². The van der Waals surface area contributed by atoms with Crippen LogP contribution in [0.25, 0.3) is 0 Å². The van der Waals surface area contributed by atoms with Crippen LogP contribution in [0.1, 0.15) is 36.6 Å². The van der Waals surface area contributed by atoms with Crippen molar-refractivity contribution < 1.29 is 28.7 Å². The molecule has 1 saturated heterocycles. The zero-order valence-corrected chi connectivity index (χ0v) is 28.7. The number of rotatable bonds is 12. The Labute approximate surface area is 294 Å². The maximum atomic E-state index is 15.2. The second-order valence-electron chi connectivity index (χ2n) is 11.6. The normalized spacial score (nSPS) is 22.0. The number of β-lactam (4-membered cyclic amide) rings is 1. The molecule has 0 radical (unpaired) electrons. The predicted molar refractivity (Wildman–Crippen MR) is 189 cm³/mol. The van der Waals surface area contributed by atoms with Gasteiger partial charge >= 0.3 is 5.97 Å². The van der Waals surface area contributed by atoms with Gasteiger partial charge in [-0.05, 0) is 43.6 Å². The van der Waals surface area contributed by atoms with Crippen LogP contribution in [-0.2, 0) is 25.8 Å². The number of nitrogens with two attached hydrogens (primary N) is 1. The van der Waals surface area contributed by atoms with Gasteiger partial charge in [0.05, 0.1) is 24.5 Å². The molecule has 2 aromatic rings. The molecule has 1 aliphatic carbocycles. The number of nitrogens with zero attached hydrogens (tertiary/aromatic N) is 5. The number of anilines is 1. The predicted octanol–water partition coefficient (Wildman–Crippen LogP) is 2.96. The van der Waals surface area contributed by atoms with Crippen molar-refractivity contribution in [3.63, 3.8) is 0 Å². The summed E-state index contributed by atoms with van der Waals surface area (Å²) in [5.41, 5.74) is 8.14. The Hall–Kier alpha value is -5.29. The first-order valence-corrected chi connectivity index (χ1v) is 17.5. The number of fused-ring (bicyclic) bond motifs is 1. The number of carboxylic acids is 1. The molecule has 17 heteroatoms. The van der Waals surface area contributed by atoms with Gasteiger partial charge in [-0.15, -0.1) is 23.1 Å². The molecule has 1 aromatic carbocycles. The molecule has 0 spiro atoms. The van der Waals surface area contributed by atoms with Crippen molar-refractivity contribution in [1.29, 1.82) is 5.41 Å². The Bertz CT molecular complexity index is 1930. The first-order valence-electron chi connectivity index (χ1n) is 15.6. The molecule has 1 saturated carbocycles.